The zero-order chi connectivity index (χ0) is 25.3. The van der Waals surface area contributed by atoms with Crippen molar-refractivity contribution < 1.29 is 13.2 Å². The van der Waals surface area contributed by atoms with Gasteiger partial charge in [-0.2, -0.15) is 4.31 Å². The summed E-state index contributed by atoms with van der Waals surface area (Å²) < 4.78 is 29.6. The van der Waals surface area contributed by atoms with E-state index in [2.05, 4.69) is 23.6 Å². The molecule has 0 N–H and O–H groups in total. The lowest BCUT2D eigenvalue weighted by Gasteiger charge is -2.38. The molecule has 2 aromatic heterocycles. The lowest BCUT2D eigenvalue weighted by Crippen LogP contribution is -2.55. The van der Waals surface area contributed by atoms with Crippen molar-refractivity contribution in [2.24, 2.45) is 0 Å². The fourth-order valence-corrected chi connectivity index (χ4v) is 7.03. The molecular formula is C28H29N3O3S2. The van der Waals surface area contributed by atoms with Gasteiger partial charge >= 0.3 is 0 Å². The van der Waals surface area contributed by atoms with Gasteiger partial charge in [0.2, 0.25) is 10.0 Å². The van der Waals surface area contributed by atoms with Crippen LogP contribution in [0.5, 0.6) is 0 Å². The fourth-order valence-electron chi connectivity index (χ4n) is 4.74. The van der Waals surface area contributed by atoms with Crippen molar-refractivity contribution in [2.45, 2.75) is 26.4 Å². The van der Waals surface area contributed by atoms with Gasteiger partial charge in [-0.1, -0.05) is 54.6 Å². The number of amides is 1. The summed E-state index contributed by atoms with van der Waals surface area (Å²) in [5, 5.41) is 4.36. The lowest BCUT2D eigenvalue weighted by molar-refractivity contribution is 0.0633. The summed E-state index contributed by atoms with van der Waals surface area (Å²) in [4.78, 5) is 16.6. The van der Waals surface area contributed by atoms with E-state index in [1.165, 1.54) is 20.8 Å². The Hall–Kier alpha value is -3.20. The van der Waals surface area contributed by atoms with Crippen molar-refractivity contribution in [1.29, 1.82) is 0 Å². The monoisotopic (exact) mass is 519 g/mol. The summed E-state index contributed by atoms with van der Waals surface area (Å²) in [5.41, 5.74) is 3.83. The number of rotatable bonds is 6. The van der Waals surface area contributed by atoms with Gasteiger partial charge in [-0.15, -0.1) is 11.3 Å². The quantitative estimate of drug-likeness (QED) is 0.352. The molecule has 0 unspecified atom stereocenters. The van der Waals surface area contributed by atoms with Crippen LogP contribution in [0.25, 0.3) is 16.3 Å². The van der Waals surface area contributed by atoms with E-state index in [-0.39, 0.29) is 18.5 Å². The second kappa shape index (κ2) is 10.0. The molecule has 186 valence electrons. The highest BCUT2D eigenvalue weighted by Crippen LogP contribution is 2.28. The Bertz CT molecular complexity index is 1520. The lowest BCUT2D eigenvalue weighted by atomic mass is 10.1. The number of carbonyl (C=O) groups excluding carboxylic acids is 1. The number of aryl methyl sites for hydroxylation is 1. The first kappa shape index (κ1) is 24.5. The second-order valence-corrected chi connectivity index (χ2v) is 11.9. The summed E-state index contributed by atoms with van der Waals surface area (Å²) in [7, 11) is -3.60. The molecular weight excluding hydrogens is 490 g/mol. The summed E-state index contributed by atoms with van der Waals surface area (Å²) in [5.74, 6) is -0.0595. The molecule has 1 aliphatic rings. The molecule has 5 rings (SSSR count). The van der Waals surface area contributed by atoms with Crippen LogP contribution in [0.15, 0.2) is 77.5 Å². The number of piperazine rings is 1. The normalized spacial score (nSPS) is 17.3. The smallest absolute Gasteiger partial charge is 0.270 e. The second-order valence-electron chi connectivity index (χ2n) is 9.19. The van der Waals surface area contributed by atoms with Crippen molar-refractivity contribution in [1.82, 2.24) is 13.8 Å². The molecule has 0 spiro atoms. The van der Waals surface area contributed by atoms with Crippen LogP contribution in [0.3, 0.4) is 0 Å². The Labute approximate surface area is 216 Å². The first-order chi connectivity index (χ1) is 17.3. The summed E-state index contributed by atoms with van der Waals surface area (Å²) in [6.45, 7) is 5.52. The number of sulfonamides is 1. The fraction of sp³-hybridized carbons (Fsp3) is 0.250. The molecule has 4 aromatic rings. The highest BCUT2D eigenvalue weighted by Gasteiger charge is 2.34. The van der Waals surface area contributed by atoms with Crippen LogP contribution in [0.1, 0.15) is 34.1 Å². The van der Waals surface area contributed by atoms with Crippen molar-refractivity contribution in [3.8, 4) is 0 Å². The Morgan fingerprint density at radius 2 is 1.81 bits per heavy atom. The Balaban J connectivity index is 1.35. The summed E-state index contributed by atoms with van der Waals surface area (Å²) in [6, 6.07) is 21.3. The van der Waals surface area contributed by atoms with Gasteiger partial charge in [0.05, 0.1) is 0 Å². The number of nitrogens with zero attached hydrogens (tertiary/aromatic N) is 3. The molecule has 1 atom stereocenters. The zero-order valence-electron chi connectivity index (χ0n) is 20.4. The van der Waals surface area contributed by atoms with E-state index in [1.54, 1.807) is 22.3 Å². The van der Waals surface area contributed by atoms with Crippen LogP contribution in [0.4, 0.5) is 0 Å². The summed E-state index contributed by atoms with van der Waals surface area (Å²) in [6.07, 6.45) is 1.62. The molecule has 8 heteroatoms. The number of hydrogen-bond acceptors (Lipinski definition) is 4. The molecule has 1 amide bonds. The van der Waals surface area contributed by atoms with Crippen LogP contribution in [-0.2, 0) is 16.6 Å². The first-order valence-electron chi connectivity index (χ1n) is 12.0. The maximum absolute atomic E-state index is 13.7. The minimum absolute atomic E-state index is 0.0595. The predicted molar refractivity (Wildman–Crippen MR) is 147 cm³/mol. The molecule has 1 fully saturated rings. The zero-order valence-corrected chi connectivity index (χ0v) is 22.0. The number of benzene rings is 2. The van der Waals surface area contributed by atoms with Crippen LogP contribution in [0.2, 0.25) is 0 Å². The Kier molecular flexibility index (Phi) is 6.83. The summed E-state index contributed by atoms with van der Waals surface area (Å²) >= 11 is 1.63. The van der Waals surface area contributed by atoms with Gasteiger partial charge in [-0.3, -0.25) is 4.79 Å². The minimum atomic E-state index is -3.60. The SMILES string of the molecule is Cc1ccccc1Cn1c(C(=O)N2CCN(S(=O)(=O)/C=C/c3ccccc3)[C@@H](C)C2)cc2ccsc21. The third-order valence-electron chi connectivity index (χ3n) is 6.72. The van der Waals surface area contributed by atoms with E-state index < -0.39 is 10.0 Å². The van der Waals surface area contributed by atoms with E-state index in [9.17, 15) is 13.2 Å². The largest absolute Gasteiger partial charge is 0.334 e. The maximum atomic E-state index is 13.7. The molecule has 6 nitrogen and oxygen atoms in total. The highest BCUT2D eigenvalue weighted by molar-refractivity contribution is 7.92. The number of thiophene rings is 1. The third kappa shape index (κ3) is 4.89. The van der Waals surface area contributed by atoms with Gasteiger partial charge in [0.25, 0.3) is 5.91 Å². The molecule has 36 heavy (non-hydrogen) atoms. The average molecular weight is 520 g/mol. The van der Waals surface area contributed by atoms with Crippen molar-refractivity contribution in [2.75, 3.05) is 19.6 Å². The third-order valence-corrected chi connectivity index (χ3v) is 9.35. The van der Waals surface area contributed by atoms with Crippen LogP contribution < -0.4 is 0 Å². The molecule has 1 aliphatic heterocycles. The van der Waals surface area contributed by atoms with Gasteiger partial charge in [-0.05, 0) is 54.1 Å². The average Bonchev–Trinajstić information content (AvgIpc) is 3.47. The van der Waals surface area contributed by atoms with Crippen LogP contribution in [0, 0.1) is 6.92 Å². The Morgan fingerprint density at radius 1 is 1.06 bits per heavy atom. The van der Waals surface area contributed by atoms with Gasteiger partial charge in [-0.25, -0.2) is 8.42 Å². The van der Waals surface area contributed by atoms with E-state index in [1.807, 2.05) is 66.9 Å². The van der Waals surface area contributed by atoms with E-state index in [4.69, 9.17) is 0 Å². The van der Waals surface area contributed by atoms with E-state index >= 15 is 0 Å². The molecule has 0 radical (unpaired) electrons. The number of fused-ring (bicyclic) bond motifs is 1. The van der Waals surface area contributed by atoms with Gasteiger partial charge < -0.3 is 9.47 Å². The maximum Gasteiger partial charge on any atom is 0.270 e. The van der Waals surface area contributed by atoms with Gasteiger partial charge in [0, 0.05) is 43.0 Å². The van der Waals surface area contributed by atoms with Crippen molar-refractivity contribution in [3.05, 3.63) is 99.9 Å². The van der Waals surface area contributed by atoms with Gasteiger partial charge in [0.1, 0.15) is 10.5 Å². The van der Waals surface area contributed by atoms with Gasteiger partial charge in [0.15, 0.2) is 0 Å². The molecule has 1 saturated heterocycles. The number of aromatic nitrogens is 1. The Morgan fingerprint density at radius 3 is 2.56 bits per heavy atom. The highest BCUT2D eigenvalue weighted by atomic mass is 32.2. The first-order valence-corrected chi connectivity index (χ1v) is 14.4. The van der Waals surface area contributed by atoms with Crippen molar-refractivity contribution in [3.63, 3.8) is 0 Å². The molecule has 3 heterocycles. The van der Waals surface area contributed by atoms with Crippen LogP contribution >= 0.6 is 11.3 Å². The topological polar surface area (TPSA) is 62.6 Å². The predicted octanol–water partition coefficient (Wildman–Crippen LogP) is 5.21. The molecule has 0 bridgehead atoms. The minimum Gasteiger partial charge on any atom is -0.334 e. The van der Waals surface area contributed by atoms with Crippen molar-refractivity contribution >= 4 is 43.6 Å². The number of hydrogen-bond donors (Lipinski definition) is 0. The molecule has 0 saturated carbocycles. The van der Waals surface area contributed by atoms with E-state index in [0.29, 0.717) is 25.3 Å². The van der Waals surface area contributed by atoms with E-state index in [0.717, 1.165) is 15.8 Å². The molecule has 0 aliphatic carbocycles. The number of carbonyl (C=O) groups is 1. The standard InChI is InChI=1S/C28H29N3O3S2/c1-21-8-6-7-11-25(21)20-30-26(18-24-12-16-35-28(24)30)27(32)29-14-15-31(22(2)19-29)36(33,34)17-13-23-9-4-3-5-10-23/h3-13,16-18,22H,14-15,19-20H2,1-2H3/b17-13+/t22-/m0/s1. The van der Waals surface area contributed by atoms with Crippen LogP contribution in [-0.4, -0.2) is 53.8 Å². The molecule has 2 aromatic carbocycles.